The van der Waals surface area contributed by atoms with Gasteiger partial charge in [-0.05, 0) is 19.8 Å². The van der Waals surface area contributed by atoms with E-state index in [0.29, 0.717) is 45.3 Å². The number of imide groups is 1. The summed E-state index contributed by atoms with van der Waals surface area (Å²) >= 11 is 0. The van der Waals surface area contributed by atoms with Crippen LogP contribution in [0.1, 0.15) is 39.0 Å². The minimum Gasteiger partial charge on any atom is -0.381 e. The van der Waals surface area contributed by atoms with Gasteiger partial charge in [-0.1, -0.05) is 0 Å². The van der Waals surface area contributed by atoms with Crippen molar-refractivity contribution in [2.75, 3.05) is 19.8 Å². The van der Waals surface area contributed by atoms with Crippen molar-refractivity contribution in [3.63, 3.8) is 0 Å². The van der Waals surface area contributed by atoms with Crippen molar-refractivity contribution in [2.45, 2.75) is 39.0 Å². The quantitative estimate of drug-likeness (QED) is 0.420. The molecule has 0 aromatic heterocycles. The molecule has 0 aliphatic carbocycles. The third-order valence-corrected chi connectivity index (χ3v) is 3.08. The van der Waals surface area contributed by atoms with Gasteiger partial charge in [0.05, 0.1) is 6.61 Å². The van der Waals surface area contributed by atoms with Gasteiger partial charge in [0, 0.05) is 44.6 Å². The number of ether oxygens (including phenoxy) is 1. The summed E-state index contributed by atoms with van der Waals surface area (Å²) in [6.45, 7) is 2.66. The van der Waals surface area contributed by atoms with Crippen molar-refractivity contribution in [1.29, 1.82) is 0 Å². The molecular formula is C15H21NO5. The van der Waals surface area contributed by atoms with E-state index in [1.165, 1.54) is 19.1 Å². The van der Waals surface area contributed by atoms with Gasteiger partial charge < -0.3 is 4.74 Å². The molecule has 2 amide bonds. The van der Waals surface area contributed by atoms with E-state index < -0.39 is 0 Å². The Hall–Kier alpha value is -1.82. The Kier molecular flexibility index (Phi) is 7.53. The smallest absolute Gasteiger partial charge is 0.253 e. The predicted octanol–water partition coefficient (Wildman–Crippen LogP) is 1.04. The minimum absolute atomic E-state index is 0.0894. The van der Waals surface area contributed by atoms with E-state index in [2.05, 4.69) is 0 Å². The van der Waals surface area contributed by atoms with Crippen LogP contribution < -0.4 is 0 Å². The summed E-state index contributed by atoms with van der Waals surface area (Å²) in [5.41, 5.74) is 0. The number of carbonyl (C=O) groups excluding carboxylic acids is 4. The number of carbonyl (C=O) groups is 4. The van der Waals surface area contributed by atoms with Gasteiger partial charge in [-0.2, -0.15) is 0 Å². The van der Waals surface area contributed by atoms with Crippen LogP contribution in [0, 0.1) is 0 Å². The van der Waals surface area contributed by atoms with E-state index in [1.54, 1.807) is 0 Å². The average Bonchev–Trinajstić information content (AvgIpc) is 2.74. The normalized spacial score (nSPS) is 14.0. The van der Waals surface area contributed by atoms with E-state index >= 15 is 0 Å². The van der Waals surface area contributed by atoms with Crippen LogP contribution in [-0.4, -0.2) is 48.0 Å². The van der Waals surface area contributed by atoms with Crippen LogP contribution in [0.3, 0.4) is 0 Å². The first-order chi connectivity index (χ1) is 10.0. The predicted molar refractivity (Wildman–Crippen MR) is 75.5 cm³/mol. The summed E-state index contributed by atoms with van der Waals surface area (Å²) in [4.78, 5) is 46.0. The largest absolute Gasteiger partial charge is 0.381 e. The number of hydrogen-bond donors (Lipinski definition) is 0. The summed E-state index contributed by atoms with van der Waals surface area (Å²) in [5.74, 6) is -0.443. The molecule has 1 heterocycles. The number of nitrogens with zero attached hydrogens (tertiary/aromatic N) is 1. The lowest BCUT2D eigenvalue weighted by Gasteiger charge is -2.12. The third-order valence-electron chi connectivity index (χ3n) is 3.08. The first-order valence-corrected chi connectivity index (χ1v) is 7.13. The Morgan fingerprint density at radius 2 is 1.62 bits per heavy atom. The fourth-order valence-electron chi connectivity index (χ4n) is 1.90. The summed E-state index contributed by atoms with van der Waals surface area (Å²) in [6.07, 6.45) is 4.76. The number of Topliss-reactive ketones (excluding diaryl/α,β-unsaturated/α-hetero) is 2. The standard InChI is InChI=1S/C15H21NO5/c1-12(17)8-11-21-10-3-5-13(18)4-2-9-16-14(19)6-7-15(16)20/h6-7H,2-5,8-11H2,1H3. The molecule has 0 bridgehead atoms. The summed E-state index contributed by atoms with van der Waals surface area (Å²) in [6, 6.07) is 0. The molecule has 0 radical (unpaired) electrons. The maximum absolute atomic E-state index is 11.6. The van der Waals surface area contributed by atoms with Crippen LogP contribution in [0.25, 0.3) is 0 Å². The van der Waals surface area contributed by atoms with Crippen molar-refractivity contribution in [3.05, 3.63) is 12.2 Å². The molecule has 0 atom stereocenters. The van der Waals surface area contributed by atoms with Gasteiger partial charge in [-0.25, -0.2) is 0 Å². The van der Waals surface area contributed by atoms with Gasteiger partial charge in [-0.15, -0.1) is 0 Å². The Balaban J connectivity index is 2.00. The van der Waals surface area contributed by atoms with Crippen molar-refractivity contribution >= 4 is 23.4 Å². The number of hydrogen-bond acceptors (Lipinski definition) is 5. The lowest BCUT2D eigenvalue weighted by Crippen LogP contribution is -2.31. The molecule has 0 spiro atoms. The fraction of sp³-hybridized carbons (Fsp3) is 0.600. The topological polar surface area (TPSA) is 80.8 Å². The molecule has 1 rings (SSSR count). The van der Waals surface area contributed by atoms with Crippen LogP contribution in [0.2, 0.25) is 0 Å². The zero-order valence-electron chi connectivity index (χ0n) is 12.3. The highest BCUT2D eigenvalue weighted by Gasteiger charge is 2.22. The fourth-order valence-corrected chi connectivity index (χ4v) is 1.90. The van der Waals surface area contributed by atoms with Crippen molar-refractivity contribution in [3.8, 4) is 0 Å². The van der Waals surface area contributed by atoms with Gasteiger partial charge >= 0.3 is 0 Å². The highest BCUT2D eigenvalue weighted by atomic mass is 16.5. The summed E-state index contributed by atoms with van der Waals surface area (Å²) in [5, 5.41) is 0. The molecule has 6 nitrogen and oxygen atoms in total. The maximum Gasteiger partial charge on any atom is 0.253 e. The Labute approximate surface area is 124 Å². The molecule has 0 unspecified atom stereocenters. The van der Waals surface area contributed by atoms with E-state index in [4.69, 9.17) is 4.74 Å². The highest BCUT2D eigenvalue weighted by molar-refractivity contribution is 6.12. The second-order valence-corrected chi connectivity index (χ2v) is 4.97. The monoisotopic (exact) mass is 295 g/mol. The lowest BCUT2D eigenvalue weighted by molar-refractivity contribution is -0.137. The van der Waals surface area contributed by atoms with E-state index in [0.717, 1.165) is 4.90 Å². The molecule has 21 heavy (non-hydrogen) atoms. The molecule has 1 aliphatic rings. The van der Waals surface area contributed by atoms with Gasteiger partial charge in [0.15, 0.2) is 0 Å². The second-order valence-electron chi connectivity index (χ2n) is 4.97. The third kappa shape index (κ3) is 6.94. The first-order valence-electron chi connectivity index (χ1n) is 7.13. The van der Waals surface area contributed by atoms with Crippen molar-refractivity contribution < 1.29 is 23.9 Å². The molecule has 116 valence electrons. The molecule has 0 fully saturated rings. The van der Waals surface area contributed by atoms with Gasteiger partial charge in [0.2, 0.25) is 0 Å². The van der Waals surface area contributed by atoms with Crippen molar-refractivity contribution in [2.24, 2.45) is 0 Å². The molecule has 0 aromatic rings. The van der Waals surface area contributed by atoms with E-state index in [1.807, 2.05) is 0 Å². The Morgan fingerprint density at radius 3 is 2.24 bits per heavy atom. The maximum atomic E-state index is 11.6. The second kappa shape index (κ2) is 9.18. The van der Waals surface area contributed by atoms with Crippen LogP contribution >= 0.6 is 0 Å². The average molecular weight is 295 g/mol. The minimum atomic E-state index is -0.314. The molecule has 0 saturated carbocycles. The molecule has 1 aliphatic heterocycles. The van der Waals surface area contributed by atoms with Gasteiger partial charge in [-0.3, -0.25) is 24.1 Å². The molecule has 6 heteroatoms. The van der Waals surface area contributed by atoms with E-state index in [-0.39, 0.29) is 29.9 Å². The number of rotatable bonds is 11. The first kappa shape index (κ1) is 17.2. The van der Waals surface area contributed by atoms with Crippen LogP contribution in [0.15, 0.2) is 12.2 Å². The highest BCUT2D eigenvalue weighted by Crippen LogP contribution is 2.07. The number of amides is 2. The zero-order valence-corrected chi connectivity index (χ0v) is 12.3. The Morgan fingerprint density at radius 1 is 1.00 bits per heavy atom. The summed E-state index contributed by atoms with van der Waals surface area (Å²) in [7, 11) is 0. The molecule has 0 aromatic carbocycles. The van der Waals surface area contributed by atoms with Gasteiger partial charge in [0.1, 0.15) is 11.6 Å². The lowest BCUT2D eigenvalue weighted by atomic mass is 10.1. The molecular weight excluding hydrogens is 274 g/mol. The van der Waals surface area contributed by atoms with Crippen LogP contribution in [-0.2, 0) is 23.9 Å². The van der Waals surface area contributed by atoms with E-state index in [9.17, 15) is 19.2 Å². The summed E-state index contributed by atoms with van der Waals surface area (Å²) < 4.78 is 5.23. The molecule has 0 saturated heterocycles. The SMILES string of the molecule is CC(=O)CCOCCCC(=O)CCCN1C(=O)C=CC1=O. The molecule has 0 N–H and O–H groups in total. The van der Waals surface area contributed by atoms with Crippen LogP contribution in [0.4, 0.5) is 0 Å². The zero-order chi connectivity index (χ0) is 15.7. The number of ketones is 2. The van der Waals surface area contributed by atoms with Crippen LogP contribution in [0.5, 0.6) is 0 Å². The Bertz CT molecular complexity index is 423. The van der Waals surface area contributed by atoms with Gasteiger partial charge in [0.25, 0.3) is 11.8 Å². The van der Waals surface area contributed by atoms with Crippen molar-refractivity contribution in [1.82, 2.24) is 4.90 Å².